The summed E-state index contributed by atoms with van der Waals surface area (Å²) >= 11 is 1.40. The van der Waals surface area contributed by atoms with Gasteiger partial charge in [-0.05, 0) is 11.6 Å². The molecule has 2 aromatic carbocycles. The van der Waals surface area contributed by atoms with Crippen LogP contribution in [0.5, 0.6) is 5.75 Å². The Balaban J connectivity index is 1.76. The molecule has 0 atom stereocenters. The minimum absolute atomic E-state index is 0.174. The summed E-state index contributed by atoms with van der Waals surface area (Å²) in [6.07, 6.45) is 0. The molecule has 1 aromatic heterocycles. The maximum Gasteiger partial charge on any atom is 0.191 e. The molecule has 0 spiro atoms. The first-order valence-electron chi connectivity index (χ1n) is 10.2. The third kappa shape index (κ3) is 6.18. The van der Waals surface area contributed by atoms with Gasteiger partial charge in [0, 0.05) is 24.6 Å². The summed E-state index contributed by atoms with van der Waals surface area (Å²) in [4.78, 5) is 12.3. The highest BCUT2D eigenvalue weighted by atomic mass is 32.2. The second kappa shape index (κ2) is 10.6. The van der Waals surface area contributed by atoms with Crippen molar-refractivity contribution in [3.05, 3.63) is 60.4 Å². The molecule has 0 amide bonds. The van der Waals surface area contributed by atoms with Crippen molar-refractivity contribution in [2.45, 2.75) is 39.1 Å². The number of benzene rings is 2. The van der Waals surface area contributed by atoms with Crippen LogP contribution >= 0.6 is 11.8 Å². The topological polar surface area (TPSA) is 66.2 Å². The van der Waals surface area contributed by atoms with E-state index < -0.39 is 0 Å². The van der Waals surface area contributed by atoms with E-state index in [1.165, 1.54) is 11.8 Å². The van der Waals surface area contributed by atoms with Crippen LogP contribution in [0.2, 0.25) is 0 Å². The van der Waals surface area contributed by atoms with Crippen molar-refractivity contribution in [2.75, 3.05) is 19.5 Å². The molecule has 0 aliphatic heterocycles. The van der Waals surface area contributed by atoms with Gasteiger partial charge in [-0.2, -0.15) is 0 Å². The predicted molar refractivity (Wildman–Crippen MR) is 123 cm³/mol. The average Bonchev–Trinajstić information content (AvgIpc) is 3.16. The van der Waals surface area contributed by atoms with Gasteiger partial charge >= 0.3 is 0 Å². The van der Waals surface area contributed by atoms with Gasteiger partial charge in [-0.25, -0.2) is 0 Å². The lowest BCUT2D eigenvalue weighted by molar-refractivity contribution is -0.123. The lowest BCUT2D eigenvalue weighted by Gasteiger charge is -2.16. The SMILES string of the molecule is COCCn1c(COc2ccccc2-c2ccccc2)nnc1SCC(=O)C(C)(C)C. The summed E-state index contributed by atoms with van der Waals surface area (Å²) in [5.74, 6) is 2.01. The maximum atomic E-state index is 12.3. The molecule has 0 N–H and O–H groups in total. The van der Waals surface area contributed by atoms with E-state index >= 15 is 0 Å². The van der Waals surface area contributed by atoms with Crippen molar-refractivity contribution < 1.29 is 14.3 Å². The molecule has 0 fully saturated rings. The number of hydrogen-bond acceptors (Lipinski definition) is 6. The summed E-state index contributed by atoms with van der Waals surface area (Å²) in [7, 11) is 1.66. The molecular weight excluding hydrogens is 410 g/mol. The Hall–Kier alpha value is -2.64. The zero-order valence-electron chi connectivity index (χ0n) is 18.5. The van der Waals surface area contributed by atoms with Crippen LogP contribution in [0.3, 0.4) is 0 Å². The lowest BCUT2D eigenvalue weighted by Crippen LogP contribution is -2.22. The quantitative estimate of drug-likeness (QED) is 0.420. The molecular formula is C24H29N3O3S. The minimum Gasteiger partial charge on any atom is -0.485 e. The second-order valence-electron chi connectivity index (χ2n) is 8.16. The van der Waals surface area contributed by atoms with E-state index in [4.69, 9.17) is 9.47 Å². The third-order valence-corrected chi connectivity index (χ3v) is 5.78. The van der Waals surface area contributed by atoms with Gasteiger partial charge in [0.1, 0.15) is 18.1 Å². The van der Waals surface area contributed by atoms with Gasteiger partial charge in [0.2, 0.25) is 0 Å². The van der Waals surface area contributed by atoms with Crippen molar-refractivity contribution in [3.8, 4) is 16.9 Å². The van der Waals surface area contributed by atoms with Crippen LogP contribution in [0.25, 0.3) is 11.1 Å². The molecule has 0 radical (unpaired) electrons. The number of aromatic nitrogens is 3. The molecule has 1 heterocycles. The van der Waals surface area contributed by atoms with Crippen molar-refractivity contribution in [1.29, 1.82) is 0 Å². The van der Waals surface area contributed by atoms with Gasteiger partial charge in [0.25, 0.3) is 0 Å². The normalized spacial score (nSPS) is 11.5. The van der Waals surface area contributed by atoms with Crippen molar-refractivity contribution in [2.24, 2.45) is 5.41 Å². The summed E-state index contributed by atoms with van der Waals surface area (Å²) in [6, 6.07) is 18.1. The van der Waals surface area contributed by atoms with Crippen LogP contribution in [0.1, 0.15) is 26.6 Å². The first-order valence-corrected chi connectivity index (χ1v) is 11.2. The highest BCUT2D eigenvalue weighted by Gasteiger charge is 2.23. The van der Waals surface area contributed by atoms with E-state index in [1.807, 2.05) is 67.8 Å². The lowest BCUT2D eigenvalue weighted by atomic mass is 9.92. The standard InChI is InChI=1S/C24H29N3O3S/c1-24(2,3)21(28)17-31-23-26-25-22(27(23)14-15-29-4)16-30-20-13-9-8-12-19(20)18-10-6-5-7-11-18/h5-13H,14-17H2,1-4H3. The number of rotatable bonds is 10. The summed E-state index contributed by atoms with van der Waals surface area (Å²) in [6.45, 7) is 7.16. The van der Waals surface area contributed by atoms with E-state index in [1.54, 1.807) is 7.11 Å². The van der Waals surface area contributed by atoms with Crippen LogP contribution < -0.4 is 4.74 Å². The molecule has 0 unspecified atom stereocenters. The Labute approximate surface area is 188 Å². The van der Waals surface area contributed by atoms with E-state index in [-0.39, 0.29) is 17.8 Å². The van der Waals surface area contributed by atoms with E-state index in [0.29, 0.717) is 29.9 Å². The summed E-state index contributed by atoms with van der Waals surface area (Å²) in [5, 5.41) is 9.33. The second-order valence-corrected chi connectivity index (χ2v) is 9.10. The van der Waals surface area contributed by atoms with Gasteiger partial charge in [0.05, 0.1) is 12.4 Å². The fourth-order valence-electron chi connectivity index (χ4n) is 2.88. The minimum atomic E-state index is -0.378. The predicted octanol–water partition coefficient (Wildman–Crippen LogP) is 4.88. The Morgan fingerprint density at radius 1 is 1.03 bits per heavy atom. The number of nitrogens with zero attached hydrogens (tertiary/aromatic N) is 3. The van der Waals surface area contributed by atoms with Crippen LogP contribution in [-0.4, -0.2) is 40.0 Å². The summed E-state index contributed by atoms with van der Waals surface area (Å²) < 4.78 is 13.4. The number of carbonyl (C=O) groups excluding carboxylic acids is 1. The Morgan fingerprint density at radius 2 is 1.74 bits per heavy atom. The fraction of sp³-hybridized carbons (Fsp3) is 0.375. The Kier molecular flexibility index (Phi) is 7.87. The van der Waals surface area contributed by atoms with Gasteiger partial charge < -0.3 is 14.0 Å². The van der Waals surface area contributed by atoms with E-state index in [2.05, 4.69) is 22.3 Å². The van der Waals surface area contributed by atoms with Crippen molar-refractivity contribution >= 4 is 17.5 Å². The Morgan fingerprint density at radius 3 is 2.45 bits per heavy atom. The van der Waals surface area contributed by atoms with Crippen LogP contribution in [-0.2, 0) is 22.7 Å². The maximum absolute atomic E-state index is 12.3. The number of hydrogen-bond donors (Lipinski definition) is 0. The van der Waals surface area contributed by atoms with Crippen molar-refractivity contribution in [1.82, 2.24) is 14.8 Å². The van der Waals surface area contributed by atoms with Crippen molar-refractivity contribution in [3.63, 3.8) is 0 Å². The largest absolute Gasteiger partial charge is 0.485 e. The number of carbonyl (C=O) groups is 1. The monoisotopic (exact) mass is 439 g/mol. The number of ether oxygens (including phenoxy) is 2. The van der Waals surface area contributed by atoms with Gasteiger partial charge in [-0.15, -0.1) is 10.2 Å². The fourth-order valence-corrected chi connectivity index (χ4v) is 4.02. The molecule has 7 heteroatoms. The Bertz CT molecular complexity index is 997. The molecule has 3 rings (SSSR count). The molecule has 0 bridgehead atoms. The zero-order chi connectivity index (χ0) is 22.3. The van der Waals surface area contributed by atoms with Crippen LogP contribution in [0.4, 0.5) is 0 Å². The average molecular weight is 440 g/mol. The summed E-state index contributed by atoms with van der Waals surface area (Å²) in [5.41, 5.74) is 1.74. The molecule has 31 heavy (non-hydrogen) atoms. The molecule has 0 saturated carbocycles. The number of methoxy groups -OCH3 is 1. The first kappa shape index (κ1) is 23.0. The van der Waals surface area contributed by atoms with Crippen LogP contribution in [0.15, 0.2) is 59.8 Å². The van der Waals surface area contributed by atoms with E-state index in [9.17, 15) is 4.79 Å². The molecule has 3 aromatic rings. The molecule has 0 aliphatic rings. The highest BCUT2D eigenvalue weighted by Crippen LogP contribution is 2.30. The van der Waals surface area contributed by atoms with Gasteiger partial charge in [-0.3, -0.25) is 4.79 Å². The van der Waals surface area contributed by atoms with E-state index in [0.717, 1.165) is 16.9 Å². The number of thioether (sulfide) groups is 1. The first-order chi connectivity index (χ1) is 14.9. The van der Waals surface area contributed by atoms with Crippen LogP contribution in [0, 0.1) is 5.41 Å². The molecule has 0 saturated heterocycles. The zero-order valence-corrected chi connectivity index (χ0v) is 19.3. The molecule has 0 aliphatic carbocycles. The number of para-hydroxylation sites is 1. The number of Topliss-reactive ketones (excluding diaryl/α,β-unsaturated/α-hetero) is 1. The molecule has 6 nitrogen and oxygen atoms in total. The smallest absolute Gasteiger partial charge is 0.191 e. The molecule has 164 valence electrons. The van der Waals surface area contributed by atoms with Gasteiger partial charge in [-0.1, -0.05) is 81.1 Å². The van der Waals surface area contributed by atoms with Gasteiger partial charge in [0.15, 0.2) is 11.0 Å². The number of ketones is 1. The third-order valence-electron chi connectivity index (χ3n) is 4.81. The highest BCUT2D eigenvalue weighted by molar-refractivity contribution is 7.99.